The van der Waals surface area contributed by atoms with E-state index in [0.29, 0.717) is 0 Å². The highest BCUT2D eigenvalue weighted by Crippen LogP contribution is 2.41. The van der Waals surface area contributed by atoms with Gasteiger partial charge in [0.05, 0.1) is 22.1 Å². The Morgan fingerprint density at radius 3 is 2.84 bits per heavy atom. The fourth-order valence-corrected chi connectivity index (χ4v) is 3.78. The molecule has 2 atom stereocenters. The molecule has 0 amide bonds. The highest BCUT2D eigenvalue weighted by molar-refractivity contribution is 7.80. The first-order chi connectivity index (χ1) is 9.16. The molecule has 1 N–H and O–H groups in total. The van der Waals surface area contributed by atoms with Crippen molar-refractivity contribution in [3.63, 3.8) is 0 Å². The van der Waals surface area contributed by atoms with Gasteiger partial charge in [0.1, 0.15) is 0 Å². The van der Waals surface area contributed by atoms with Gasteiger partial charge in [0.2, 0.25) is 0 Å². The lowest BCUT2D eigenvalue weighted by Gasteiger charge is -2.22. The summed E-state index contributed by atoms with van der Waals surface area (Å²) in [7, 11) is 2.00. The van der Waals surface area contributed by atoms with Crippen molar-refractivity contribution in [3.05, 3.63) is 51.4 Å². The minimum absolute atomic E-state index is 0.0633. The van der Waals surface area contributed by atoms with Crippen LogP contribution in [-0.2, 0) is 0 Å². The summed E-state index contributed by atoms with van der Waals surface area (Å²) in [5.74, 6) is 0. The molecule has 0 spiro atoms. The van der Waals surface area contributed by atoms with Crippen LogP contribution < -0.4 is 5.32 Å². The molecule has 19 heavy (non-hydrogen) atoms. The van der Waals surface area contributed by atoms with E-state index in [1.54, 1.807) is 17.5 Å². The van der Waals surface area contributed by atoms with Crippen LogP contribution in [0.25, 0.3) is 0 Å². The van der Waals surface area contributed by atoms with Gasteiger partial charge in [-0.2, -0.15) is 0 Å². The van der Waals surface area contributed by atoms with Crippen LogP contribution in [-0.4, -0.2) is 22.0 Å². The smallest absolute Gasteiger partial charge is 0.169 e. The monoisotopic (exact) mass is 309 g/mol. The number of likely N-dealkylation sites (N-methyl/N-ethyl adjacent to an activating group) is 1. The van der Waals surface area contributed by atoms with Gasteiger partial charge in [-0.05, 0) is 36.5 Å². The Labute approximate surface area is 126 Å². The average molecular weight is 310 g/mol. The van der Waals surface area contributed by atoms with Crippen LogP contribution in [0.3, 0.4) is 0 Å². The number of hydrogen-bond donors (Lipinski definition) is 1. The van der Waals surface area contributed by atoms with E-state index >= 15 is 0 Å². The lowest BCUT2D eigenvalue weighted by molar-refractivity contribution is 0.374. The number of nitrogens with zero attached hydrogens (tertiary/aromatic N) is 2. The molecule has 1 aliphatic heterocycles. The third-order valence-electron chi connectivity index (χ3n) is 3.22. The molecule has 1 fully saturated rings. The topological polar surface area (TPSA) is 28.2 Å². The molecule has 0 radical (unpaired) electrons. The number of thiocarbonyl (C=S) groups is 1. The molecule has 3 nitrogen and oxygen atoms in total. The molecule has 6 heteroatoms. The predicted molar refractivity (Wildman–Crippen MR) is 82.5 cm³/mol. The Morgan fingerprint density at radius 2 is 2.21 bits per heavy atom. The summed E-state index contributed by atoms with van der Waals surface area (Å²) in [6.45, 7) is 0. The van der Waals surface area contributed by atoms with Gasteiger partial charge < -0.3 is 10.2 Å². The summed E-state index contributed by atoms with van der Waals surface area (Å²) < 4.78 is 0.793. The predicted octanol–water partition coefficient (Wildman–Crippen LogP) is 3.40. The molecule has 2 aromatic rings. The zero-order valence-electron chi connectivity index (χ0n) is 10.2. The van der Waals surface area contributed by atoms with Gasteiger partial charge in [0.25, 0.3) is 0 Å². The Hall–Kier alpha value is -1.17. The lowest BCUT2D eigenvalue weighted by Crippen LogP contribution is -2.24. The molecule has 98 valence electrons. The van der Waals surface area contributed by atoms with Crippen molar-refractivity contribution in [3.8, 4) is 0 Å². The number of thiophene rings is 1. The summed E-state index contributed by atoms with van der Waals surface area (Å²) in [5.41, 5.74) is 0.990. The largest absolute Gasteiger partial charge is 0.352 e. The number of halogens is 1. The van der Waals surface area contributed by atoms with Gasteiger partial charge in [0, 0.05) is 18.1 Å². The van der Waals surface area contributed by atoms with E-state index in [1.807, 2.05) is 31.3 Å². The number of hydrogen-bond acceptors (Lipinski definition) is 3. The Bertz CT molecular complexity index is 599. The van der Waals surface area contributed by atoms with Crippen molar-refractivity contribution < 1.29 is 0 Å². The standard InChI is InChI=1S/C13H12ClN3S2/c1-17-12(9-5-6-10(14)19-9)11(16-13(17)18)8-4-2-3-7-15-8/h2-7,11-12H,1H3,(H,16,18)/t11-,12+/m0/s1. The summed E-state index contributed by atoms with van der Waals surface area (Å²) >= 11 is 13.0. The molecule has 0 bridgehead atoms. The van der Waals surface area contributed by atoms with E-state index in [0.717, 1.165) is 15.1 Å². The van der Waals surface area contributed by atoms with Crippen LogP contribution in [0.2, 0.25) is 4.34 Å². The number of aromatic nitrogens is 1. The number of pyridine rings is 1. The molecule has 0 aliphatic carbocycles. The van der Waals surface area contributed by atoms with Gasteiger partial charge >= 0.3 is 0 Å². The van der Waals surface area contributed by atoms with Crippen molar-refractivity contribution in [1.82, 2.24) is 15.2 Å². The highest BCUT2D eigenvalue weighted by Gasteiger charge is 2.38. The van der Waals surface area contributed by atoms with Crippen LogP contribution in [0.5, 0.6) is 0 Å². The van der Waals surface area contributed by atoms with E-state index in [1.165, 1.54) is 4.88 Å². The maximum atomic E-state index is 6.05. The molecule has 0 unspecified atom stereocenters. The van der Waals surface area contributed by atoms with Gasteiger partial charge in [-0.1, -0.05) is 17.7 Å². The van der Waals surface area contributed by atoms with Gasteiger partial charge in [-0.3, -0.25) is 4.98 Å². The average Bonchev–Trinajstić information content (AvgIpc) is 2.96. The molecule has 3 rings (SSSR count). The van der Waals surface area contributed by atoms with Crippen LogP contribution in [0.1, 0.15) is 22.7 Å². The Kier molecular flexibility index (Phi) is 3.43. The quantitative estimate of drug-likeness (QED) is 0.861. The number of rotatable bonds is 2. The zero-order chi connectivity index (χ0) is 13.4. The molecule has 0 saturated carbocycles. The second-order valence-electron chi connectivity index (χ2n) is 4.38. The molecular weight excluding hydrogens is 298 g/mol. The molecule has 3 heterocycles. The molecule has 0 aromatic carbocycles. The van der Waals surface area contributed by atoms with E-state index < -0.39 is 0 Å². The minimum atomic E-state index is 0.0633. The fourth-order valence-electron chi connectivity index (χ4n) is 2.30. The van der Waals surface area contributed by atoms with Crippen LogP contribution in [0, 0.1) is 0 Å². The van der Waals surface area contributed by atoms with Crippen LogP contribution in [0.15, 0.2) is 36.5 Å². The maximum Gasteiger partial charge on any atom is 0.169 e. The van der Waals surface area contributed by atoms with Crippen molar-refractivity contribution in [2.75, 3.05) is 7.05 Å². The molecule has 1 aliphatic rings. The van der Waals surface area contributed by atoms with E-state index in [9.17, 15) is 0 Å². The van der Waals surface area contributed by atoms with Gasteiger partial charge in [-0.25, -0.2) is 0 Å². The third kappa shape index (κ3) is 2.33. The van der Waals surface area contributed by atoms with Crippen LogP contribution >= 0.6 is 35.2 Å². The van der Waals surface area contributed by atoms with Crippen LogP contribution in [0.4, 0.5) is 0 Å². The van der Waals surface area contributed by atoms with Crippen molar-refractivity contribution in [2.45, 2.75) is 12.1 Å². The summed E-state index contributed by atoms with van der Waals surface area (Å²) in [6.07, 6.45) is 1.80. The Morgan fingerprint density at radius 1 is 1.37 bits per heavy atom. The molecule has 1 saturated heterocycles. The minimum Gasteiger partial charge on any atom is -0.352 e. The van der Waals surface area contributed by atoms with E-state index in [2.05, 4.69) is 21.3 Å². The third-order valence-corrected chi connectivity index (χ3v) is 4.93. The van der Waals surface area contributed by atoms with Gasteiger partial charge in [-0.15, -0.1) is 11.3 Å². The van der Waals surface area contributed by atoms with Crippen molar-refractivity contribution in [1.29, 1.82) is 0 Å². The summed E-state index contributed by atoms with van der Waals surface area (Å²) in [6, 6.07) is 10.1. The SMILES string of the molecule is CN1C(=S)N[C@@H](c2ccccn2)[C@H]1c1ccc(Cl)s1. The second-order valence-corrected chi connectivity index (χ2v) is 6.51. The Balaban J connectivity index is 2.01. The van der Waals surface area contributed by atoms with Crippen molar-refractivity contribution in [2.24, 2.45) is 0 Å². The van der Waals surface area contributed by atoms with Crippen molar-refractivity contribution >= 4 is 40.3 Å². The van der Waals surface area contributed by atoms with E-state index in [4.69, 9.17) is 23.8 Å². The summed E-state index contributed by atoms with van der Waals surface area (Å²) in [4.78, 5) is 7.69. The summed E-state index contributed by atoms with van der Waals surface area (Å²) in [5, 5.41) is 4.08. The first kappa shape index (κ1) is 12.8. The molecule has 2 aromatic heterocycles. The fraction of sp³-hybridized carbons (Fsp3) is 0.231. The highest BCUT2D eigenvalue weighted by atomic mass is 35.5. The lowest BCUT2D eigenvalue weighted by atomic mass is 10.0. The van der Waals surface area contributed by atoms with Gasteiger partial charge in [0.15, 0.2) is 5.11 Å². The second kappa shape index (κ2) is 5.07. The number of nitrogens with one attached hydrogen (secondary N) is 1. The van der Waals surface area contributed by atoms with E-state index in [-0.39, 0.29) is 12.1 Å². The zero-order valence-corrected chi connectivity index (χ0v) is 12.6. The normalized spacial score (nSPS) is 22.6. The first-order valence-electron chi connectivity index (χ1n) is 5.86. The first-order valence-corrected chi connectivity index (χ1v) is 7.46. The molecular formula is C13H12ClN3S2. The maximum absolute atomic E-state index is 6.05.